The largest absolute Gasteiger partial charge is 0.385 e. The van der Waals surface area contributed by atoms with Gasteiger partial charge in [0.25, 0.3) is 5.91 Å². The Morgan fingerprint density at radius 3 is 2.60 bits per heavy atom. The van der Waals surface area contributed by atoms with Gasteiger partial charge in [0.2, 0.25) is 0 Å². The normalized spacial score (nSPS) is 11.8. The second-order valence-corrected chi connectivity index (χ2v) is 6.70. The molecular weight excluding hydrogens is 383 g/mol. The van der Waals surface area contributed by atoms with Gasteiger partial charge < -0.3 is 10.4 Å². The fourth-order valence-electron chi connectivity index (χ4n) is 3.10. The molecule has 0 aliphatic heterocycles. The number of aliphatic hydroxyl groups is 1. The molecule has 1 unspecified atom stereocenters. The molecule has 0 saturated heterocycles. The lowest BCUT2D eigenvalue weighted by molar-refractivity contribution is 0.0914. The molecule has 1 amide bonds. The minimum absolute atomic E-state index is 0.0333. The highest BCUT2D eigenvalue weighted by Crippen LogP contribution is 2.26. The molecule has 6 nitrogen and oxygen atoms in total. The summed E-state index contributed by atoms with van der Waals surface area (Å²) in [5.74, 6) is -0.639. The van der Waals surface area contributed by atoms with E-state index < -0.39 is 6.10 Å². The van der Waals surface area contributed by atoms with E-state index in [-0.39, 0.29) is 18.3 Å². The fraction of sp³-hybridized carbons (Fsp3) is 0.0870. The third-order valence-corrected chi connectivity index (χ3v) is 4.67. The Balaban J connectivity index is 1.53. The van der Waals surface area contributed by atoms with Crippen LogP contribution in [0.1, 0.15) is 22.2 Å². The Morgan fingerprint density at radius 2 is 1.83 bits per heavy atom. The number of carbonyl (C=O) groups excluding carboxylic acids is 1. The molecule has 0 fully saturated rings. The zero-order valence-corrected chi connectivity index (χ0v) is 15.9. The number of nitrogens with one attached hydrogen (secondary N) is 2. The fourth-order valence-corrected chi connectivity index (χ4v) is 3.10. The second-order valence-electron chi connectivity index (χ2n) is 6.70. The third kappa shape index (κ3) is 4.26. The number of carbonyl (C=O) groups is 1. The van der Waals surface area contributed by atoms with Gasteiger partial charge in [-0.25, -0.2) is 4.39 Å². The lowest BCUT2D eigenvalue weighted by Crippen LogP contribution is -2.29. The van der Waals surface area contributed by atoms with Crippen LogP contribution in [0.3, 0.4) is 0 Å². The molecule has 0 bridgehead atoms. The summed E-state index contributed by atoms with van der Waals surface area (Å²) in [6.45, 7) is 0.0333. The SMILES string of the molecule is O=C(NCC(O)c1ccccn1)c1ccccc1-c1cc(-c2ccc(F)cc2)[nH]n1. The van der Waals surface area contributed by atoms with E-state index in [1.165, 1.54) is 12.1 Å². The quantitative estimate of drug-likeness (QED) is 0.458. The summed E-state index contributed by atoms with van der Waals surface area (Å²) in [6, 6.07) is 20.2. The number of benzene rings is 2. The summed E-state index contributed by atoms with van der Waals surface area (Å²) in [4.78, 5) is 16.9. The van der Waals surface area contributed by atoms with Gasteiger partial charge in [-0.3, -0.25) is 14.9 Å². The van der Waals surface area contributed by atoms with Gasteiger partial charge in [-0.05, 0) is 54.1 Å². The van der Waals surface area contributed by atoms with E-state index >= 15 is 0 Å². The summed E-state index contributed by atoms with van der Waals surface area (Å²) in [5, 5.41) is 20.2. The molecule has 0 spiro atoms. The summed E-state index contributed by atoms with van der Waals surface area (Å²) in [7, 11) is 0. The van der Waals surface area contributed by atoms with Gasteiger partial charge in [-0.1, -0.05) is 24.3 Å². The molecule has 0 saturated carbocycles. The summed E-state index contributed by atoms with van der Waals surface area (Å²) >= 11 is 0. The first-order chi connectivity index (χ1) is 14.6. The van der Waals surface area contributed by atoms with Crippen LogP contribution in [0.15, 0.2) is 79.0 Å². The Labute approximate surface area is 172 Å². The number of hydrogen-bond donors (Lipinski definition) is 3. The number of pyridine rings is 1. The van der Waals surface area contributed by atoms with E-state index in [1.54, 1.807) is 54.7 Å². The Kier molecular flexibility index (Phi) is 5.63. The molecule has 2 aromatic heterocycles. The summed E-state index contributed by atoms with van der Waals surface area (Å²) in [5.41, 5.74) is 3.66. The smallest absolute Gasteiger partial charge is 0.252 e. The van der Waals surface area contributed by atoms with Crippen molar-refractivity contribution in [1.82, 2.24) is 20.5 Å². The maximum Gasteiger partial charge on any atom is 0.252 e. The Bertz CT molecular complexity index is 1140. The van der Waals surface area contributed by atoms with Crippen molar-refractivity contribution in [3.8, 4) is 22.5 Å². The molecule has 7 heteroatoms. The number of aliphatic hydroxyl groups excluding tert-OH is 1. The predicted molar refractivity (Wildman–Crippen MR) is 111 cm³/mol. The molecule has 0 aliphatic rings. The molecule has 0 radical (unpaired) electrons. The molecule has 0 aliphatic carbocycles. The van der Waals surface area contributed by atoms with Crippen LogP contribution >= 0.6 is 0 Å². The van der Waals surface area contributed by atoms with Crippen molar-refractivity contribution in [2.75, 3.05) is 6.54 Å². The van der Waals surface area contributed by atoms with E-state index in [1.807, 2.05) is 12.1 Å². The van der Waals surface area contributed by atoms with Crippen molar-refractivity contribution >= 4 is 5.91 Å². The molecule has 4 aromatic rings. The van der Waals surface area contributed by atoms with Gasteiger partial charge in [0.15, 0.2) is 0 Å². The monoisotopic (exact) mass is 402 g/mol. The molecule has 4 rings (SSSR count). The number of amides is 1. The van der Waals surface area contributed by atoms with Crippen molar-refractivity contribution in [2.45, 2.75) is 6.10 Å². The second kappa shape index (κ2) is 8.67. The van der Waals surface area contributed by atoms with Crippen LogP contribution in [-0.2, 0) is 0 Å². The summed E-state index contributed by atoms with van der Waals surface area (Å²) in [6.07, 6.45) is 0.684. The van der Waals surface area contributed by atoms with Gasteiger partial charge in [0, 0.05) is 23.9 Å². The minimum atomic E-state index is -0.905. The van der Waals surface area contributed by atoms with Crippen LogP contribution in [0.5, 0.6) is 0 Å². The van der Waals surface area contributed by atoms with Crippen LogP contribution in [0.4, 0.5) is 4.39 Å². The number of nitrogens with zero attached hydrogens (tertiary/aromatic N) is 2. The van der Waals surface area contributed by atoms with Crippen molar-refractivity contribution < 1.29 is 14.3 Å². The number of rotatable bonds is 6. The van der Waals surface area contributed by atoms with E-state index in [0.29, 0.717) is 28.2 Å². The number of hydrogen-bond acceptors (Lipinski definition) is 4. The third-order valence-electron chi connectivity index (χ3n) is 4.67. The molecule has 1 atom stereocenters. The topological polar surface area (TPSA) is 90.9 Å². The average Bonchev–Trinajstić information content (AvgIpc) is 3.28. The highest BCUT2D eigenvalue weighted by Gasteiger charge is 2.17. The van der Waals surface area contributed by atoms with Crippen molar-refractivity contribution in [2.24, 2.45) is 0 Å². The standard InChI is InChI=1S/C23H19FN4O2/c24-16-10-8-15(9-11-16)20-13-21(28-27-20)17-5-1-2-6-18(17)23(30)26-14-22(29)19-7-3-4-12-25-19/h1-13,22,29H,14H2,(H,26,30)(H,27,28). The van der Waals surface area contributed by atoms with Crippen LogP contribution in [-0.4, -0.2) is 32.7 Å². The maximum atomic E-state index is 13.2. The first-order valence-corrected chi connectivity index (χ1v) is 9.40. The minimum Gasteiger partial charge on any atom is -0.385 e. The Hall–Kier alpha value is -3.84. The number of halogens is 1. The predicted octanol–water partition coefficient (Wildman–Crippen LogP) is 3.74. The molecule has 3 N–H and O–H groups in total. The van der Waals surface area contributed by atoms with E-state index in [9.17, 15) is 14.3 Å². The highest BCUT2D eigenvalue weighted by atomic mass is 19.1. The van der Waals surface area contributed by atoms with Crippen molar-refractivity contribution in [3.63, 3.8) is 0 Å². The summed E-state index contributed by atoms with van der Waals surface area (Å²) < 4.78 is 13.2. The Morgan fingerprint density at radius 1 is 1.07 bits per heavy atom. The molecule has 2 aromatic carbocycles. The first-order valence-electron chi connectivity index (χ1n) is 9.40. The molecular formula is C23H19FN4O2. The van der Waals surface area contributed by atoms with Crippen LogP contribution in [0.25, 0.3) is 22.5 Å². The lowest BCUT2D eigenvalue weighted by atomic mass is 10.0. The lowest BCUT2D eigenvalue weighted by Gasteiger charge is -2.12. The van der Waals surface area contributed by atoms with Crippen LogP contribution in [0.2, 0.25) is 0 Å². The zero-order valence-electron chi connectivity index (χ0n) is 15.9. The highest BCUT2D eigenvalue weighted by molar-refractivity contribution is 6.00. The van der Waals surface area contributed by atoms with Gasteiger partial charge in [-0.2, -0.15) is 5.10 Å². The van der Waals surface area contributed by atoms with Crippen LogP contribution in [0, 0.1) is 5.82 Å². The average molecular weight is 402 g/mol. The zero-order chi connectivity index (χ0) is 20.9. The van der Waals surface area contributed by atoms with Gasteiger partial charge in [0.05, 0.1) is 17.1 Å². The van der Waals surface area contributed by atoms with E-state index in [4.69, 9.17) is 0 Å². The number of H-pyrrole nitrogens is 1. The number of aromatic amines is 1. The van der Waals surface area contributed by atoms with Gasteiger partial charge in [0.1, 0.15) is 11.9 Å². The van der Waals surface area contributed by atoms with Crippen molar-refractivity contribution in [1.29, 1.82) is 0 Å². The van der Waals surface area contributed by atoms with Gasteiger partial charge >= 0.3 is 0 Å². The molecule has 30 heavy (non-hydrogen) atoms. The molecule has 2 heterocycles. The van der Waals surface area contributed by atoms with E-state index in [2.05, 4.69) is 20.5 Å². The van der Waals surface area contributed by atoms with E-state index in [0.717, 1.165) is 5.56 Å². The van der Waals surface area contributed by atoms with Gasteiger partial charge in [-0.15, -0.1) is 0 Å². The molecule has 150 valence electrons. The van der Waals surface area contributed by atoms with Crippen LogP contribution < -0.4 is 5.32 Å². The maximum absolute atomic E-state index is 13.2. The van der Waals surface area contributed by atoms with Crippen molar-refractivity contribution in [3.05, 3.63) is 96.1 Å². The number of aromatic nitrogens is 3. The first kappa shape index (κ1) is 19.5.